The molecule has 0 heterocycles. The van der Waals surface area contributed by atoms with E-state index in [1.54, 1.807) is 14.2 Å². The molecule has 5 heteroatoms. The van der Waals surface area contributed by atoms with E-state index in [4.69, 9.17) is 18.9 Å². The summed E-state index contributed by atoms with van der Waals surface area (Å²) in [6.45, 7) is 7.40. The van der Waals surface area contributed by atoms with E-state index >= 15 is 0 Å². The van der Waals surface area contributed by atoms with Crippen molar-refractivity contribution in [2.45, 2.75) is 26.5 Å². The van der Waals surface area contributed by atoms with E-state index in [9.17, 15) is 0 Å². The highest BCUT2D eigenvalue weighted by atomic mass is 16.5. The first-order valence-corrected chi connectivity index (χ1v) is 7.28. The molecule has 21 heavy (non-hydrogen) atoms. The van der Waals surface area contributed by atoms with E-state index in [1.165, 1.54) is 0 Å². The maximum Gasteiger partial charge on any atom is 0.161 e. The third kappa shape index (κ3) is 7.32. The first-order valence-electron chi connectivity index (χ1n) is 7.28. The van der Waals surface area contributed by atoms with Crippen molar-refractivity contribution in [3.05, 3.63) is 23.8 Å². The lowest BCUT2D eigenvalue weighted by atomic mass is 10.2. The van der Waals surface area contributed by atoms with Gasteiger partial charge in [-0.3, -0.25) is 0 Å². The van der Waals surface area contributed by atoms with Crippen LogP contribution >= 0.6 is 0 Å². The fraction of sp³-hybridized carbons (Fsp3) is 0.625. The van der Waals surface area contributed by atoms with Gasteiger partial charge in [-0.15, -0.1) is 0 Å². The molecule has 0 radical (unpaired) electrons. The van der Waals surface area contributed by atoms with E-state index in [0.29, 0.717) is 19.8 Å². The Balaban J connectivity index is 2.46. The SMILES string of the molecule is COCCNCc1ccc(OCCOC(C)C)c(OC)c1. The summed E-state index contributed by atoms with van der Waals surface area (Å²) < 4.78 is 21.5. The van der Waals surface area contributed by atoms with Crippen molar-refractivity contribution < 1.29 is 18.9 Å². The van der Waals surface area contributed by atoms with Crippen LogP contribution in [0.4, 0.5) is 0 Å². The molecule has 0 amide bonds. The molecule has 0 aliphatic heterocycles. The molecule has 0 spiro atoms. The lowest BCUT2D eigenvalue weighted by Gasteiger charge is -2.13. The Bertz CT molecular complexity index is 396. The van der Waals surface area contributed by atoms with Crippen LogP contribution in [-0.4, -0.2) is 46.7 Å². The van der Waals surface area contributed by atoms with Gasteiger partial charge in [0.2, 0.25) is 0 Å². The Morgan fingerprint density at radius 3 is 2.52 bits per heavy atom. The topological polar surface area (TPSA) is 49.0 Å². The normalized spacial score (nSPS) is 10.9. The molecule has 1 aromatic rings. The van der Waals surface area contributed by atoms with E-state index in [2.05, 4.69) is 5.32 Å². The summed E-state index contributed by atoms with van der Waals surface area (Å²) in [7, 11) is 3.34. The van der Waals surface area contributed by atoms with Crippen LogP contribution < -0.4 is 14.8 Å². The number of methoxy groups -OCH3 is 2. The number of benzene rings is 1. The van der Waals surface area contributed by atoms with E-state index < -0.39 is 0 Å². The highest BCUT2D eigenvalue weighted by Crippen LogP contribution is 2.28. The Labute approximate surface area is 127 Å². The van der Waals surface area contributed by atoms with Crippen molar-refractivity contribution in [2.75, 3.05) is 40.6 Å². The van der Waals surface area contributed by atoms with Gasteiger partial charge in [0, 0.05) is 20.2 Å². The number of ether oxygens (including phenoxy) is 4. The van der Waals surface area contributed by atoms with Crippen molar-refractivity contribution in [3.63, 3.8) is 0 Å². The average molecular weight is 297 g/mol. The van der Waals surface area contributed by atoms with Crippen molar-refractivity contribution in [2.24, 2.45) is 0 Å². The van der Waals surface area contributed by atoms with Gasteiger partial charge in [0.25, 0.3) is 0 Å². The fourth-order valence-corrected chi connectivity index (χ4v) is 1.78. The van der Waals surface area contributed by atoms with Crippen molar-refractivity contribution >= 4 is 0 Å². The minimum absolute atomic E-state index is 0.219. The molecule has 1 rings (SSSR count). The Kier molecular flexibility index (Phi) is 8.82. The maximum absolute atomic E-state index is 5.69. The summed E-state index contributed by atoms with van der Waals surface area (Å²) in [5.41, 5.74) is 1.15. The van der Waals surface area contributed by atoms with Gasteiger partial charge in [0.1, 0.15) is 6.61 Å². The molecule has 0 bridgehead atoms. The summed E-state index contributed by atoms with van der Waals surface area (Å²) in [4.78, 5) is 0. The van der Waals surface area contributed by atoms with E-state index in [0.717, 1.165) is 30.2 Å². The zero-order chi connectivity index (χ0) is 15.5. The Morgan fingerprint density at radius 2 is 1.86 bits per heavy atom. The first-order chi connectivity index (χ1) is 10.2. The predicted molar refractivity (Wildman–Crippen MR) is 83.2 cm³/mol. The van der Waals surface area contributed by atoms with Crippen LogP contribution in [0.25, 0.3) is 0 Å². The van der Waals surface area contributed by atoms with Crippen LogP contribution in [0.1, 0.15) is 19.4 Å². The van der Waals surface area contributed by atoms with Crippen LogP contribution in [0.2, 0.25) is 0 Å². The van der Waals surface area contributed by atoms with Gasteiger partial charge in [-0.1, -0.05) is 6.07 Å². The summed E-state index contributed by atoms with van der Waals surface area (Å²) in [5, 5.41) is 3.30. The molecule has 0 aliphatic carbocycles. The maximum atomic E-state index is 5.69. The van der Waals surface area contributed by atoms with Crippen molar-refractivity contribution in [3.8, 4) is 11.5 Å². The molecule has 5 nitrogen and oxygen atoms in total. The number of rotatable bonds is 11. The van der Waals surface area contributed by atoms with Gasteiger partial charge in [-0.25, -0.2) is 0 Å². The van der Waals surface area contributed by atoms with Crippen LogP contribution in [-0.2, 0) is 16.0 Å². The second-order valence-corrected chi connectivity index (χ2v) is 4.92. The van der Waals surface area contributed by atoms with Crippen LogP contribution in [0, 0.1) is 0 Å². The first kappa shape index (κ1) is 17.8. The highest BCUT2D eigenvalue weighted by Gasteiger charge is 2.06. The van der Waals surface area contributed by atoms with Gasteiger partial charge >= 0.3 is 0 Å². The second kappa shape index (κ2) is 10.4. The zero-order valence-corrected chi connectivity index (χ0v) is 13.5. The van der Waals surface area contributed by atoms with Gasteiger partial charge in [0.15, 0.2) is 11.5 Å². The summed E-state index contributed by atoms with van der Waals surface area (Å²) in [5.74, 6) is 1.48. The number of hydrogen-bond donors (Lipinski definition) is 1. The van der Waals surface area contributed by atoms with Crippen LogP contribution in [0.15, 0.2) is 18.2 Å². The van der Waals surface area contributed by atoms with E-state index in [1.807, 2.05) is 32.0 Å². The molecular weight excluding hydrogens is 270 g/mol. The summed E-state index contributed by atoms with van der Waals surface area (Å²) in [6, 6.07) is 5.95. The highest BCUT2D eigenvalue weighted by molar-refractivity contribution is 5.42. The fourth-order valence-electron chi connectivity index (χ4n) is 1.78. The number of nitrogens with one attached hydrogen (secondary N) is 1. The van der Waals surface area contributed by atoms with Crippen molar-refractivity contribution in [1.82, 2.24) is 5.32 Å². The third-order valence-electron chi connectivity index (χ3n) is 2.83. The van der Waals surface area contributed by atoms with E-state index in [-0.39, 0.29) is 6.10 Å². The summed E-state index contributed by atoms with van der Waals surface area (Å²) >= 11 is 0. The standard InChI is InChI=1S/C16H27NO4/c1-13(2)20-9-10-21-15-6-5-14(11-16(15)19-4)12-17-7-8-18-3/h5-6,11,13,17H,7-10,12H2,1-4H3. The molecule has 0 saturated carbocycles. The lowest BCUT2D eigenvalue weighted by molar-refractivity contribution is 0.0547. The molecule has 1 aromatic carbocycles. The molecule has 1 N–H and O–H groups in total. The van der Waals surface area contributed by atoms with Gasteiger partial charge < -0.3 is 24.3 Å². The van der Waals surface area contributed by atoms with Gasteiger partial charge in [-0.2, -0.15) is 0 Å². The average Bonchev–Trinajstić information content (AvgIpc) is 2.48. The molecule has 0 aliphatic rings. The monoisotopic (exact) mass is 297 g/mol. The zero-order valence-electron chi connectivity index (χ0n) is 13.5. The third-order valence-corrected chi connectivity index (χ3v) is 2.83. The Morgan fingerprint density at radius 1 is 1.05 bits per heavy atom. The Hall–Kier alpha value is -1.30. The minimum Gasteiger partial charge on any atom is -0.493 e. The smallest absolute Gasteiger partial charge is 0.161 e. The van der Waals surface area contributed by atoms with Gasteiger partial charge in [0.05, 0.1) is 26.4 Å². The predicted octanol–water partition coefficient (Wildman–Crippen LogP) is 2.23. The molecular formula is C16H27NO4. The molecule has 0 unspecified atom stereocenters. The molecule has 0 aromatic heterocycles. The largest absolute Gasteiger partial charge is 0.493 e. The summed E-state index contributed by atoms with van der Waals surface area (Å²) in [6.07, 6.45) is 0.219. The molecule has 0 atom stereocenters. The molecule has 0 fully saturated rings. The lowest BCUT2D eigenvalue weighted by Crippen LogP contribution is -2.18. The van der Waals surface area contributed by atoms with Crippen molar-refractivity contribution in [1.29, 1.82) is 0 Å². The van der Waals surface area contributed by atoms with Crippen LogP contribution in [0.5, 0.6) is 11.5 Å². The quantitative estimate of drug-likeness (QED) is 0.635. The number of hydrogen-bond acceptors (Lipinski definition) is 5. The van der Waals surface area contributed by atoms with Crippen LogP contribution in [0.3, 0.4) is 0 Å². The molecule has 120 valence electrons. The minimum atomic E-state index is 0.219. The molecule has 0 saturated heterocycles. The van der Waals surface area contributed by atoms with Gasteiger partial charge in [-0.05, 0) is 31.5 Å². The second-order valence-electron chi connectivity index (χ2n) is 4.92.